The van der Waals surface area contributed by atoms with Gasteiger partial charge in [0, 0.05) is 10.5 Å². The predicted octanol–water partition coefficient (Wildman–Crippen LogP) is 3.89. The zero-order chi connectivity index (χ0) is 13.7. The molecule has 1 aromatic carbocycles. The molecule has 1 N–H and O–H groups in total. The zero-order valence-corrected chi connectivity index (χ0v) is 13.8. The third-order valence-electron chi connectivity index (χ3n) is 2.57. The van der Waals surface area contributed by atoms with Gasteiger partial charge in [-0.25, -0.2) is 0 Å². The van der Waals surface area contributed by atoms with E-state index in [1.807, 2.05) is 32.0 Å². The summed E-state index contributed by atoms with van der Waals surface area (Å²) in [4.78, 5) is 11.8. The van der Waals surface area contributed by atoms with Gasteiger partial charge < -0.3 is 10.1 Å². The Kier molecular flexibility index (Phi) is 6.15. The van der Waals surface area contributed by atoms with Crippen molar-refractivity contribution in [1.82, 2.24) is 5.32 Å². The molecule has 0 spiro atoms. The molecule has 0 aromatic heterocycles. The summed E-state index contributed by atoms with van der Waals surface area (Å²) in [6, 6.07) is 5.74. The van der Waals surface area contributed by atoms with Crippen LogP contribution in [0.15, 0.2) is 27.1 Å². The van der Waals surface area contributed by atoms with E-state index in [1.54, 1.807) is 6.92 Å². The van der Waals surface area contributed by atoms with Gasteiger partial charge in [-0.15, -0.1) is 0 Å². The summed E-state index contributed by atoms with van der Waals surface area (Å²) in [5.74, 6) is 0.559. The fourth-order valence-electron chi connectivity index (χ4n) is 1.28. The van der Waals surface area contributed by atoms with Gasteiger partial charge >= 0.3 is 0 Å². The summed E-state index contributed by atoms with van der Waals surface area (Å²) in [6.45, 7) is 5.74. The number of amides is 1. The first-order valence-corrected chi connectivity index (χ1v) is 7.44. The number of carbonyl (C=O) groups excluding carboxylic acids is 1. The molecule has 1 rings (SSSR count). The van der Waals surface area contributed by atoms with Crippen LogP contribution in [0.1, 0.15) is 27.2 Å². The van der Waals surface area contributed by atoms with Crippen molar-refractivity contribution >= 4 is 37.8 Å². The molecule has 0 aliphatic carbocycles. The van der Waals surface area contributed by atoms with Crippen LogP contribution in [0.5, 0.6) is 5.75 Å². The number of ether oxygens (including phenoxy) is 1. The molecule has 0 bridgehead atoms. The highest BCUT2D eigenvalue weighted by Crippen LogP contribution is 2.28. The molecule has 2 atom stereocenters. The number of halogens is 2. The average Bonchev–Trinajstić information content (AvgIpc) is 2.32. The number of hydrogen-bond donors (Lipinski definition) is 1. The first-order valence-electron chi connectivity index (χ1n) is 5.86. The van der Waals surface area contributed by atoms with E-state index in [0.717, 1.165) is 15.4 Å². The molecule has 1 amide bonds. The first-order chi connectivity index (χ1) is 8.43. The minimum atomic E-state index is -0.517. The molecular formula is C13H17Br2NO2. The molecule has 0 aliphatic rings. The molecule has 100 valence electrons. The number of nitrogens with one attached hydrogen (secondary N) is 1. The monoisotopic (exact) mass is 377 g/mol. The fraction of sp³-hybridized carbons (Fsp3) is 0.462. The van der Waals surface area contributed by atoms with Crippen molar-refractivity contribution in [1.29, 1.82) is 0 Å². The van der Waals surface area contributed by atoms with Crippen LogP contribution in [-0.4, -0.2) is 18.1 Å². The fourth-order valence-corrected chi connectivity index (χ4v) is 2.42. The van der Waals surface area contributed by atoms with Crippen LogP contribution in [0.3, 0.4) is 0 Å². The van der Waals surface area contributed by atoms with E-state index in [2.05, 4.69) is 37.2 Å². The Balaban J connectivity index is 2.63. The van der Waals surface area contributed by atoms with Crippen molar-refractivity contribution in [2.24, 2.45) is 0 Å². The van der Waals surface area contributed by atoms with Crippen LogP contribution in [0.2, 0.25) is 0 Å². The molecule has 0 saturated carbocycles. The van der Waals surface area contributed by atoms with Crippen molar-refractivity contribution in [2.45, 2.75) is 39.3 Å². The van der Waals surface area contributed by atoms with Gasteiger partial charge in [-0.3, -0.25) is 4.79 Å². The van der Waals surface area contributed by atoms with Gasteiger partial charge in [0.1, 0.15) is 5.75 Å². The number of benzene rings is 1. The molecule has 0 heterocycles. The predicted molar refractivity (Wildman–Crippen MR) is 79.8 cm³/mol. The SMILES string of the molecule is CCC(C)NC(=O)C(C)Oc1ccc(Br)cc1Br. The number of rotatable bonds is 5. The highest BCUT2D eigenvalue weighted by Gasteiger charge is 2.17. The minimum Gasteiger partial charge on any atom is -0.480 e. The van der Waals surface area contributed by atoms with E-state index in [9.17, 15) is 4.79 Å². The van der Waals surface area contributed by atoms with Gasteiger partial charge in [0.2, 0.25) is 0 Å². The Morgan fingerprint density at radius 2 is 2.06 bits per heavy atom. The molecule has 0 fully saturated rings. The lowest BCUT2D eigenvalue weighted by Crippen LogP contribution is -2.41. The molecule has 0 saturated heterocycles. The topological polar surface area (TPSA) is 38.3 Å². The molecule has 2 unspecified atom stereocenters. The van der Waals surface area contributed by atoms with Crippen molar-refractivity contribution in [3.05, 3.63) is 27.1 Å². The van der Waals surface area contributed by atoms with E-state index in [0.29, 0.717) is 5.75 Å². The van der Waals surface area contributed by atoms with Crippen molar-refractivity contribution < 1.29 is 9.53 Å². The normalized spacial score (nSPS) is 13.8. The van der Waals surface area contributed by atoms with Crippen LogP contribution in [0, 0.1) is 0 Å². The van der Waals surface area contributed by atoms with Crippen molar-refractivity contribution in [2.75, 3.05) is 0 Å². The van der Waals surface area contributed by atoms with Gasteiger partial charge in [-0.2, -0.15) is 0 Å². The Bertz CT molecular complexity index is 423. The summed E-state index contributed by atoms with van der Waals surface area (Å²) in [6.07, 6.45) is 0.386. The second-order valence-electron chi connectivity index (χ2n) is 4.15. The Morgan fingerprint density at radius 1 is 1.39 bits per heavy atom. The van der Waals surface area contributed by atoms with Crippen LogP contribution in [0.4, 0.5) is 0 Å². The second-order valence-corrected chi connectivity index (χ2v) is 5.92. The zero-order valence-electron chi connectivity index (χ0n) is 10.7. The van der Waals surface area contributed by atoms with Gasteiger partial charge in [-0.1, -0.05) is 22.9 Å². The van der Waals surface area contributed by atoms with Gasteiger partial charge in [0.15, 0.2) is 6.10 Å². The van der Waals surface area contributed by atoms with E-state index in [4.69, 9.17) is 4.74 Å². The number of hydrogen-bond acceptors (Lipinski definition) is 2. The van der Waals surface area contributed by atoms with Gasteiger partial charge in [0.25, 0.3) is 5.91 Å². The third kappa shape index (κ3) is 4.61. The van der Waals surface area contributed by atoms with E-state index in [1.165, 1.54) is 0 Å². The second kappa shape index (κ2) is 7.14. The standard InChI is InChI=1S/C13H17Br2NO2/c1-4-8(2)16-13(17)9(3)18-12-6-5-10(14)7-11(12)15/h5-9H,4H2,1-3H3,(H,16,17). The maximum absolute atomic E-state index is 11.8. The third-order valence-corrected chi connectivity index (χ3v) is 3.68. The highest BCUT2D eigenvalue weighted by molar-refractivity contribution is 9.11. The van der Waals surface area contributed by atoms with E-state index in [-0.39, 0.29) is 11.9 Å². The van der Waals surface area contributed by atoms with Crippen molar-refractivity contribution in [3.63, 3.8) is 0 Å². The molecule has 18 heavy (non-hydrogen) atoms. The minimum absolute atomic E-state index is 0.0980. The molecular weight excluding hydrogens is 362 g/mol. The lowest BCUT2D eigenvalue weighted by Gasteiger charge is -2.18. The van der Waals surface area contributed by atoms with Crippen LogP contribution < -0.4 is 10.1 Å². The molecule has 0 radical (unpaired) electrons. The summed E-state index contributed by atoms with van der Waals surface area (Å²) in [5.41, 5.74) is 0. The highest BCUT2D eigenvalue weighted by atomic mass is 79.9. The van der Waals surface area contributed by atoms with E-state index < -0.39 is 6.10 Å². The Morgan fingerprint density at radius 3 is 2.61 bits per heavy atom. The number of carbonyl (C=O) groups is 1. The van der Waals surface area contributed by atoms with Crippen molar-refractivity contribution in [3.8, 4) is 5.75 Å². The summed E-state index contributed by atoms with van der Waals surface area (Å²) >= 11 is 6.77. The largest absolute Gasteiger partial charge is 0.480 e. The molecule has 3 nitrogen and oxygen atoms in total. The van der Waals surface area contributed by atoms with Crippen LogP contribution >= 0.6 is 31.9 Å². The average molecular weight is 379 g/mol. The molecule has 0 aliphatic heterocycles. The first kappa shape index (κ1) is 15.5. The molecule has 1 aromatic rings. The maximum Gasteiger partial charge on any atom is 0.260 e. The summed E-state index contributed by atoms with van der Waals surface area (Å²) in [7, 11) is 0. The van der Waals surface area contributed by atoms with Crippen LogP contribution in [0.25, 0.3) is 0 Å². The summed E-state index contributed by atoms with van der Waals surface area (Å²) < 4.78 is 7.40. The Labute approximate surface area is 125 Å². The quantitative estimate of drug-likeness (QED) is 0.843. The smallest absolute Gasteiger partial charge is 0.260 e. The van der Waals surface area contributed by atoms with E-state index >= 15 is 0 Å². The lowest BCUT2D eigenvalue weighted by atomic mass is 10.2. The molecule has 5 heteroatoms. The lowest BCUT2D eigenvalue weighted by molar-refractivity contribution is -0.127. The van der Waals surface area contributed by atoms with Gasteiger partial charge in [0.05, 0.1) is 4.47 Å². The maximum atomic E-state index is 11.8. The van der Waals surface area contributed by atoms with Gasteiger partial charge in [-0.05, 0) is 54.4 Å². The van der Waals surface area contributed by atoms with Crippen LogP contribution in [-0.2, 0) is 4.79 Å². The Hall–Kier alpha value is -0.550. The summed E-state index contributed by atoms with van der Waals surface area (Å²) in [5, 5.41) is 2.89.